The maximum Gasteiger partial charge on any atom is 0.766 e. The highest BCUT2D eigenvalue weighted by atomic mass is 28.4. The third-order valence-electron chi connectivity index (χ3n) is 2.76. The van der Waals surface area contributed by atoms with Crippen LogP contribution in [-0.4, -0.2) is 36.6 Å². The average Bonchev–Trinajstić information content (AvgIpc) is 2.54. The van der Waals surface area contributed by atoms with Crippen LogP contribution in [0.1, 0.15) is 26.2 Å². The topological polar surface area (TPSA) is 76.6 Å². The Kier molecular flexibility index (Phi) is 9.99. The van der Waals surface area contributed by atoms with Gasteiger partial charge in [0.25, 0.3) is 0 Å². The zero-order valence-electron chi connectivity index (χ0n) is 13.9. The molecular formula is C14H25NO7Si. The van der Waals surface area contributed by atoms with E-state index in [1.165, 1.54) is 21.3 Å². The van der Waals surface area contributed by atoms with Gasteiger partial charge in [0.1, 0.15) is 6.23 Å². The van der Waals surface area contributed by atoms with E-state index in [4.69, 9.17) is 18.2 Å². The minimum absolute atomic E-state index is 0.440. The van der Waals surface area contributed by atoms with E-state index in [-0.39, 0.29) is 0 Å². The summed E-state index contributed by atoms with van der Waals surface area (Å²) in [5.74, 6) is 0. The Morgan fingerprint density at radius 3 is 2.00 bits per heavy atom. The van der Waals surface area contributed by atoms with Crippen molar-refractivity contribution < 1.29 is 32.8 Å². The molecule has 0 spiro atoms. The Morgan fingerprint density at radius 2 is 1.52 bits per heavy atom. The molecule has 1 aromatic carbocycles. The van der Waals surface area contributed by atoms with E-state index >= 15 is 0 Å². The van der Waals surface area contributed by atoms with Crippen LogP contribution >= 0.6 is 0 Å². The quantitative estimate of drug-likeness (QED) is 0.253. The molecule has 1 unspecified atom stereocenters. The number of anilines is 1. The number of unbranched alkanes of at least 4 members (excludes halogenated alkanes) is 1. The van der Waals surface area contributed by atoms with Gasteiger partial charge in [0, 0.05) is 5.69 Å². The van der Waals surface area contributed by atoms with Crippen LogP contribution in [0.25, 0.3) is 0 Å². The third-order valence-corrected chi connectivity index (χ3v) is 4.45. The van der Waals surface area contributed by atoms with Crippen molar-refractivity contribution in [1.29, 1.82) is 0 Å². The standard InChI is InChI=1S/C14H25NO7Si/c1-5-6-12-14(15-13-10-8-7-9-11-13)19-23(20-16-2,21-17-3)22-18-4/h7-11,14-15H,5-6,12H2,1-4H3. The number of hydrogen-bond donors (Lipinski definition) is 1. The van der Waals surface area contributed by atoms with Crippen LogP contribution in [-0.2, 0) is 32.8 Å². The number of rotatable bonds is 13. The molecule has 1 aromatic rings. The molecule has 0 saturated carbocycles. The van der Waals surface area contributed by atoms with E-state index in [9.17, 15) is 0 Å². The highest BCUT2D eigenvalue weighted by Gasteiger charge is 2.53. The molecule has 1 atom stereocenters. The van der Waals surface area contributed by atoms with Crippen molar-refractivity contribution in [3.05, 3.63) is 30.3 Å². The average molecular weight is 347 g/mol. The lowest BCUT2D eigenvalue weighted by Gasteiger charge is -2.28. The lowest BCUT2D eigenvalue weighted by molar-refractivity contribution is -0.373. The molecule has 1 rings (SSSR count). The highest BCUT2D eigenvalue weighted by molar-refractivity contribution is 6.52. The fraction of sp³-hybridized carbons (Fsp3) is 0.571. The second-order valence-electron chi connectivity index (χ2n) is 4.51. The van der Waals surface area contributed by atoms with Crippen molar-refractivity contribution in [2.75, 3.05) is 26.6 Å². The first-order valence-corrected chi connectivity index (χ1v) is 8.97. The predicted molar refractivity (Wildman–Crippen MR) is 84.5 cm³/mol. The molecule has 1 N–H and O–H groups in total. The van der Waals surface area contributed by atoms with Crippen LogP contribution < -0.4 is 5.32 Å². The van der Waals surface area contributed by atoms with E-state index in [2.05, 4.69) is 26.9 Å². The minimum atomic E-state index is -3.79. The van der Waals surface area contributed by atoms with Crippen molar-refractivity contribution >= 4 is 14.7 Å². The van der Waals surface area contributed by atoms with Gasteiger partial charge in [-0.25, -0.2) is 14.7 Å². The summed E-state index contributed by atoms with van der Waals surface area (Å²) in [6.45, 7) is 2.09. The summed E-state index contributed by atoms with van der Waals surface area (Å²) in [5.41, 5.74) is 0.892. The number of hydrogen-bond acceptors (Lipinski definition) is 8. The molecule has 0 amide bonds. The summed E-state index contributed by atoms with van der Waals surface area (Å²) in [7, 11) is 0.151. The molecule has 0 aliphatic carbocycles. The number of nitrogens with one attached hydrogen (secondary N) is 1. The lowest BCUT2D eigenvalue weighted by atomic mass is 10.2. The summed E-state index contributed by atoms with van der Waals surface area (Å²) in [6.07, 6.45) is 2.20. The van der Waals surface area contributed by atoms with Gasteiger partial charge in [-0.2, -0.15) is 13.7 Å². The SMILES string of the molecule is CCCCC(Nc1ccccc1)O[Si](OOC)(OOC)OOC. The minimum Gasteiger partial charge on any atom is -0.361 e. The first-order chi connectivity index (χ1) is 11.2. The molecule has 0 heterocycles. The van der Waals surface area contributed by atoms with Crippen molar-refractivity contribution in [1.82, 2.24) is 0 Å². The normalized spacial score (nSPS) is 13.0. The molecule has 0 aromatic heterocycles. The van der Waals surface area contributed by atoms with Gasteiger partial charge in [-0.3, -0.25) is 0 Å². The van der Waals surface area contributed by atoms with Crippen LogP contribution in [0, 0.1) is 0 Å². The van der Waals surface area contributed by atoms with E-state index in [1.807, 2.05) is 30.3 Å². The van der Waals surface area contributed by atoms with Gasteiger partial charge < -0.3 is 9.74 Å². The van der Waals surface area contributed by atoms with E-state index in [0.29, 0.717) is 6.42 Å². The van der Waals surface area contributed by atoms with Gasteiger partial charge >= 0.3 is 9.05 Å². The van der Waals surface area contributed by atoms with E-state index in [0.717, 1.165) is 18.5 Å². The molecule has 0 aliphatic rings. The monoisotopic (exact) mass is 347 g/mol. The Morgan fingerprint density at radius 1 is 0.957 bits per heavy atom. The highest BCUT2D eigenvalue weighted by Crippen LogP contribution is 2.20. The first-order valence-electron chi connectivity index (χ1n) is 7.34. The molecule has 9 heteroatoms. The van der Waals surface area contributed by atoms with Crippen molar-refractivity contribution in [2.45, 2.75) is 32.4 Å². The van der Waals surface area contributed by atoms with Crippen LogP contribution in [0.4, 0.5) is 5.69 Å². The molecule has 132 valence electrons. The molecule has 0 saturated heterocycles. The molecule has 23 heavy (non-hydrogen) atoms. The second-order valence-corrected chi connectivity index (χ2v) is 6.24. The maximum atomic E-state index is 5.85. The summed E-state index contributed by atoms with van der Waals surface area (Å²) in [5, 5.41) is 3.25. The molecule has 0 radical (unpaired) electrons. The van der Waals surface area contributed by atoms with Crippen molar-refractivity contribution in [2.24, 2.45) is 0 Å². The zero-order valence-corrected chi connectivity index (χ0v) is 14.9. The van der Waals surface area contributed by atoms with Gasteiger partial charge in [0.05, 0.1) is 21.3 Å². The molecular weight excluding hydrogens is 322 g/mol. The second kappa shape index (κ2) is 11.5. The van der Waals surface area contributed by atoms with Gasteiger partial charge in [-0.15, -0.1) is 0 Å². The van der Waals surface area contributed by atoms with Crippen LogP contribution in [0.15, 0.2) is 30.3 Å². The largest absolute Gasteiger partial charge is 0.766 e. The Labute approximate surface area is 137 Å². The smallest absolute Gasteiger partial charge is 0.361 e. The molecule has 0 bridgehead atoms. The van der Waals surface area contributed by atoms with Gasteiger partial charge in [-0.05, 0) is 25.0 Å². The maximum absolute atomic E-state index is 5.85. The molecule has 0 aliphatic heterocycles. The van der Waals surface area contributed by atoms with Gasteiger partial charge in [-0.1, -0.05) is 31.5 Å². The summed E-state index contributed by atoms with van der Waals surface area (Å²) < 4.78 is 21.0. The van der Waals surface area contributed by atoms with E-state index < -0.39 is 15.3 Å². The van der Waals surface area contributed by atoms with Crippen molar-refractivity contribution in [3.63, 3.8) is 0 Å². The summed E-state index contributed by atoms with van der Waals surface area (Å²) in [4.78, 5) is 14.0. The Hall–Kier alpha value is -1.04. The predicted octanol–water partition coefficient (Wildman–Crippen LogP) is 2.80. The van der Waals surface area contributed by atoms with Gasteiger partial charge in [0.2, 0.25) is 0 Å². The molecule has 0 fully saturated rings. The zero-order chi connectivity index (χ0) is 17.0. The van der Waals surface area contributed by atoms with Crippen LogP contribution in [0.2, 0.25) is 0 Å². The Balaban J connectivity index is 2.84. The third kappa shape index (κ3) is 7.37. The first kappa shape index (κ1) is 20.0. The lowest BCUT2D eigenvalue weighted by Crippen LogP contribution is -2.52. The fourth-order valence-electron chi connectivity index (χ4n) is 1.85. The summed E-state index contributed by atoms with van der Waals surface area (Å²) >= 11 is 0. The fourth-order valence-corrected chi connectivity index (χ4v) is 3.19. The molecule has 8 nitrogen and oxygen atoms in total. The van der Waals surface area contributed by atoms with Crippen molar-refractivity contribution in [3.8, 4) is 0 Å². The van der Waals surface area contributed by atoms with E-state index in [1.54, 1.807) is 0 Å². The number of benzene rings is 1. The Bertz CT molecular complexity index is 392. The van der Waals surface area contributed by atoms with Crippen LogP contribution in [0.3, 0.4) is 0 Å². The number of para-hydroxylation sites is 1. The van der Waals surface area contributed by atoms with Gasteiger partial charge in [0.15, 0.2) is 0 Å². The van der Waals surface area contributed by atoms with Crippen LogP contribution in [0.5, 0.6) is 0 Å². The summed E-state index contributed by atoms with van der Waals surface area (Å²) in [6, 6.07) is 9.64.